The first-order chi connectivity index (χ1) is 6.77. The maximum atomic E-state index is 11.3. The highest BCUT2D eigenvalue weighted by atomic mass is 31.1. The zero-order valence-electron chi connectivity index (χ0n) is 7.73. The first-order valence-electron chi connectivity index (χ1n) is 4.02. The van der Waals surface area contributed by atoms with Gasteiger partial charge in [0.2, 0.25) is 8.03 Å². The van der Waals surface area contributed by atoms with Gasteiger partial charge in [0.15, 0.2) is 0 Å². The molecule has 0 heterocycles. The average molecular weight is 207 g/mol. The van der Waals surface area contributed by atoms with Crippen molar-refractivity contribution in [2.45, 2.75) is 0 Å². The molecule has 0 aliphatic carbocycles. The minimum Gasteiger partial charge on any atom is -0.331 e. The maximum absolute atomic E-state index is 11.3. The van der Waals surface area contributed by atoms with Crippen LogP contribution in [0.4, 0.5) is 0 Å². The summed E-state index contributed by atoms with van der Waals surface area (Å²) in [7, 11) is -0.704. The molecule has 0 spiro atoms. The lowest BCUT2D eigenvalue weighted by Crippen LogP contribution is -1.96. The molecule has 0 N–H and O–H groups in total. The molecule has 1 aromatic carbocycles. The van der Waals surface area contributed by atoms with E-state index in [1.165, 1.54) is 13.2 Å². The predicted molar refractivity (Wildman–Crippen MR) is 56.7 cm³/mol. The van der Waals surface area contributed by atoms with Crippen molar-refractivity contribution in [3.8, 4) is 6.07 Å². The minimum atomic E-state index is -2.12. The normalized spacial score (nSPS) is 12.6. The van der Waals surface area contributed by atoms with Crippen LogP contribution in [0.3, 0.4) is 0 Å². The Morgan fingerprint density at radius 3 is 3.00 bits per heavy atom. The Morgan fingerprint density at radius 1 is 1.57 bits per heavy atom. The molecule has 0 radical (unpaired) electrons. The molecule has 0 aliphatic heterocycles. The fourth-order valence-corrected chi connectivity index (χ4v) is 1.77. The van der Waals surface area contributed by atoms with Gasteiger partial charge in [0, 0.05) is 18.5 Å². The van der Waals surface area contributed by atoms with Crippen LogP contribution in [0.15, 0.2) is 30.3 Å². The molecule has 72 valence electrons. The van der Waals surface area contributed by atoms with E-state index in [0.717, 1.165) is 5.56 Å². The molecule has 14 heavy (non-hydrogen) atoms. The molecule has 0 fully saturated rings. The number of nitriles is 1. The summed E-state index contributed by atoms with van der Waals surface area (Å²) in [5, 5.41) is 9.00. The largest absolute Gasteiger partial charge is 0.331 e. The third kappa shape index (κ3) is 2.85. The third-order valence-electron chi connectivity index (χ3n) is 1.66. The summed E-state index contributed by atoms with van der Waals surface area (Å²) in [6.45, 7) is 0. The Morgan fingerprint density at radius 2 is 2.36 bits per heavy atom. The van der Waals surface area contributed by atoms with E-state index >= 15 is 0 Å². The Bertz CT molecular complexity index is 407. The SMILES string of the molecule is CO[PH](=O)c1cccc(/C=C/C#N)c1. The summed E-state index contributed by atoms with van der Waals surface area (Å²) in [5.41, 5.74) is 0.847. The number of hydrogen-bond acceptors (Lipinski definition) is 3. The lowest BCUT2D eigenvalue weighted by atomic mass is 10.2. The van der Waals surface area contributed by atoms with Crippen molar-refractivity contribution < 1.29 is 9.09 Å². The van der Waals surface area contributed by atoms with E-state index in [2.05, 4.69) is 0 Å². The van der Waals surface area contributed by atoms with Crippen LogP contribution in [0.25, 0.3) is 6.08 Å². The topological polar surface area (TPSA) is 50.1 Å². The molecular formula is C10H10NO2P. The van der Waals surface area contributed by atoms with Crippen molar-refractivity contribution in [3.63, 3.8) is 0 Å². The zero-order valence-corrected chi connectivity index (χ0v) is 8.73. The van der Waals surface area contributed by atoms with E-state index in [-0.39, 0.29) is 0 Å². The van der Waals surface area contributed by atoms with E-state index in [1.807, 2.05) is 12.1 Å². The number of nitrogens with zero attached hydrogens (tertiary/aromatic N) is 1. The molecule has 0 amide bonds. The zero-order chi connectivity index (χ0) is 10.4. The monoisotopic (exact) mass is 207 g/mol. The summed E-state index contributed by atoms with van der Waals surface area (Å²) in [6.07, 6.45) is 3.04. The summed E-state index contributed by atoms with van der Waals surface area (Å²) in [5.74, 6) is 0. The van der Waals surface area contributed by atoms with Gasteiger partial charge in [-0.1, -0.05) is 12.1 Å². The predicted octanol–water partition coefficient (Wildman–Crippen LogP) is 1.97. The molecule has 1 aromatic rings. The second kappa shape index (κ2) is 5.39. The molecule has 0 saturated carbocycles. The van der Waals surface area contributed by atoms with Gasteiger partial charge in [-0.2, -0.15) is 5.26 Å². The Kier molecular flexibility index (Phi) is 4.12. The molecule has 0 bridgehead atoms. The molecular weight excluding hydrogens is 197 g/mol. The average Bonchev–Trinajstić information content (AvgIpc) is 2.25. The molecule has 1 unspecified atom stereocenters. The van der Waals surface area contributed by atoms with E-state index in [1.54, 1.807) is 24.3 Å². The van der Waals surface area contributed by atoms with Crippen molar-refractivity contribution in [2.75, 3.05) is 7.11 Å². The lowest BCUT2D eigenvalue weighted by molar-refractivity contribution is 0.423. The number of hydrogen-bond donors (Lipinski definition) is 0. The van der Waals surface area contributed by atoms with Gasteiger partial charge in [0.25, 0.3) is 0 Å². The van der Waals surface area contributed by atoms with Gasteiger partial charge < -0.3 is 4.52 Å². The molecule has 0 saturated heterocycles. The maximum Gasteiger partial charge on any atom is 0.220 e. The second-order valence-electron chi connectivity index (χ2n) is 2.58. The van der Waals surface area contributed by atoms with Gasteiger partial charge in [0.1, 0.15) is 0 Å². The van der Waals surface area contributed by atoms with Crippen LogP contribution in [0.1, 0.15) is 5.56 Å². The highest BCUT2D eigenvalue weighted by Gasteiger charge is 2.00. The molecule has 1 atom stereocenters. The molecule has 4 heteroatoms. The fraction of sp³-hybridized carbons (Fsp3) is 0.100. The first-order valence-corrected chi connectivity index (χ1v) is 5.34. The Hall–Kier alpha value is -1.36. The summed E-state index contributed by atoms with van der Waals surface area (Å²) in [6, 6.07) is 9.01. The van der Waals surface area contributed by atoms with E-state index in [4.69, 9.17) is 9.79 Å². The molecule has 1 rings (SSSR count). The van der Waals surface area contributed by atoms with Crippen molar-refractivity contribution >= 4 is 19.4 Å². The fourth-order valence-electron chi connectivity index (χ4n) is 1.02. The third-order valence-corrected chi connectivity index (χ3v) is 2.81. The second-order valence-corrected chi connectivity index (χ2v) is 4.14. The number of benzene rings is 1. The highest BCUT2D eigenvalue weighted by molar-refractivity contribution is 7.48. The summed E-state index contributed by atoms with van der Waals surface area (Å²) >= 11 is 0. The van der Waals surface area contributed by atoms with Gasteiger partial charge in [0.05, 0.1) is 6.07 Å². The van der Waals surface area contributed by atoms with Crippen LogP contribution in [-0.4, -0.2) is 7.11 Å². The number of rotatable bonds is 3. The Balaban J connectivity index is 2.96. The standard InChI is InChI=1S/C10H10NO2P/c1-13-14(12)10-6-2-4-9(8-10)5-3-7-11/h2-6,8,14H,1H3/b5-3+. The molecule has 0 aromatic heterocycles. The van der Waals surface area contributed by atoms with Crippen LogP contribution >= 0.6 is 8.03 Å². The van der Waals surface area contributed by atoms with Crippen molar-refractivity contribution in [1.29, 1.82) is 5.26 Å². The molecule has 3 nitrogen and oxygen atoms in total. The van der Waals surface area contributed by atoms with E-state index < -0.39 is 8.03 Å². The quantitative estimate of drug-likeness (QED) is 0.562. The lowest BCUT2D eigenvalue weighted by Gasteiger charge is -2.00. The van der Waals surface area contributed by atoms with Crippen molar-refractivity contribution in [1.82, 2.24) is 0 Å². The van der Waals surface area contributed by atoms with E-state index in [0.29, 0.717) is 5.30 Å². The summed E-state index contributed by atoms with van der Waals surface area (Å²) < 4.78 is 16.1. The highest BCUT2D eigenvalue weighted by Crippen LogP contribution is 2.20. The summed E-state index contributed by atoms with van der Waals surface area (Å²) in [4.78, 5) is 0. The van der Waals surface area contributed by atoms with Crippen LogP contribution in [-0.2, 0) is 9.09 Å². The van der Waals surface area contributed by atoms with Crippen LogP contribution in [0.5, 0.6) is 0 Å². The number of allylic oxidation sites excluding steroid dienone is 1. The van der Waals surface area contributed by atoms with Crippen LogP contribution in [0, 0.1) is 11.3 Å². The van der Waals surface area contributed by atoms with Gasteiger partial charge in [-0.05, 0) is 23.8 Å². The Labute approximate surface area is 83.5 Å². The van der Waals surface area contributed by atoms with Crippen LogP contribution < -0.4 is 5.30 Å². The van der Waals surface area contributed by atoms with Crippen molar-refractivity contribution in [2.24, 2.45) is 0 Å². The van der Waals surface area contributed by atoms with E-state index in [9.17, 15) is 4.57 Å². The minimum absolute atomic E-state index is 0.664. The van der Waals surface area contributed by atoms with Crippen LogP contribution in [0.2, 0.25) is 0 Å². The van der Waals surface area contributed by atoms with Gasteiger partial charge in [-0.25, -0.2) is 0 Å². The smallest absolute Gasteiger partial charge is 0.220 e. The van der Waals surface area contributed by atoms with Crippen molar-refractivity contribution in [3.05, 3.63) is 35.9 Å². The van der Waals surface area contributed by atoms with Gasteiger partial charge >= 0.3 is 0 Å². The van der Waals surface area contributed by atoms with Gasteiger partial charge in [-0.3, -0.25) is 4.57 Å². The van der Waals surface area contributed by atoms with Gasteiger partial charge in [-0.15, -0.1) is 0 Å². The first kappa shape index (κ1) is 10.7. The molecule has 0 aliphatic rings.